The second-order valence-electron chi connectivity index (χ2n) is 10.6. The van der Waals surface area contributed by atoms with Crippen molar-refractivity contribution in [3.05, 3.63) is 0 Å². The molecule has 0 aromatic carbocycles. The van der Waals surface area contributed by atoms with Crippen molar-refractivity contribution in [2.45, 2.75) is 76.8 Å². The fourth-order valence-corrected chi connectivity index (χ4v) is 6.41. The van der Waals surface area contributed by atoms with E-state index in [9.17, 15) is 9.59 Å². The number of likely N-dealkylation sites (N-methyl/N-ethyl adjacent to an activating group) is 1. The molecule has 4 rings (SSSR count). The molecule has 6 heteroatoms. The molecule has 1 amide bonds. The molecule has 3 heterocycles. The van der Waals surface area contributed by atoms with Gasteiger partial charge in [-0.25, -0.2) is 0 Å². The molecule has 0 bridgehead atoms. The van der Waals surface area contributed by atoms with Gasteiger partial charge in [-0.3, -0.25) is 19.4 Å². The first-order valence-electron chi connectivity index (χ1n) is 13.0. The number of hydrogen-bond acceptors (Lipinski definition) is 5. The van der Waals surface area contributed by atoms with Gasteiger partial charge in [0.25, 0.3) is 0 Å². The Morgan fingerprint density at radius 2 is 1.32 bits per heavy atom. The van der Waals surface area contributed by atoms with E-state index < -0.39 is 0 Å². The molecule has 31 heavy (non-hydrogen) atoms. The maximum atomic E-state index is 13.1. The Bertz CT molecular complexity index is 603. The molecule has 3 saturated heterocycles. The maximum absolute atomic E-state index is 13.1. The van der Waals surface area contributed by atoms with Crippen LogP contribution in [0.3, 0.4) is 0 Å². The van der Waals surface area contributed by atoms with Crippen LogP contribution in [0.15, 0.2) is 0 Å². The molecule has 0 aromatic heterocycles. The number of hydrogen-bond donors (Lipinski definition) is 0. The Kier molecular flexibility index (Phi) is 8.05. The molecule has 1 aliphatic carbocycles. The van der Waals surface area contributed by atoms with Gasteiger partial charge in [0.05, 0.1) is 0 Å². The van der Waals surface area contributed by atoms with Crippen LogP contribution in [0.2, 0.25) is 0 Å². The highest BCUT2D eigenvalue weighted by atomic mass is 16.2. The number of likely N-dealkylation sites (tertiary alicyclic amines) is 2. The van der Waals surface area contributed by atoms with Crippen molar-refractivity contribution in [3.8, 4) is 0 Å². The fourth-order valence-electron chi connectivity index (χ4n) is 6.41. The predicted molar refractivity (Wildman–Crippen MR) is 124 cm³/mol. The molecule has 3 aliphatic heterocycles. The molecule has 0 spiro atoms. The minimum atomic E-state index is 0.163. The predicted octanol–water partition coefficient (Wildman–Crippen LogP) is 2.47. The summed E-state index contributed by atoms with van der Waals surface area (Å²) in [4.78, 5) is 35.3. The number of ketones is 1. The van der Waals surface area contributed by atoms with Crippen molar-refractivity contribution in [1.82, 2.24) is 19.6 Å². The topological polar surface area (TPSA) is 47.1 Å². The standard InChI is InChI=1S/C25H44N4O2/c1-3-4-24(30)20-5-7-21(8-6-20)25(31)28-12-9-22(10-13-28)29-14-11-23(19-29)27-17-15-26(2)16-18-27/h20-23H,3-19H2,1-2H3. The molecule has 4 fully saturated rings. The number of rotatable bonds is 6. The molecule has 176 valence electrons. The summed E-state index contributed by atoms with van der Waals surface area (Å²) in [6.07, 6.45) is 8.90. The van der Waals surface area contributed by atoms with Crippen molar-refractivity contribution in [1.29, 1.82) is 0 Å². The van der Waals surface area contributed by atoms with E-state index in [1.807, 2.05) is 0 Å². The van der Waals surface area contributed by atoms with Crippen molar-refractivity contribution in [2.75, 3.05) is 59.4 Å². The molecule has 1 saturated carbocycles. The Balaban J connectivity index is 1.18. The molecule has 0 aromatic rings. The Morgan fingerprint density at radius 1 is 0.710 bits per heavy atom. The average molecular weight is 433 g/mol. The first-order chi connectivity index (χ1) is 15.0. The number of carbonyl (C=O) groups is 2. The van der Waals surface area contributed by atoms with E-state index in [1.54, 1.807) is 0 Å². The highest BCUT2D eigenvalue weighted by Crippen LogP contribution is 2.32. The minimum absolute atomic E-state index is 0.163. The van der Waals surface area contributed by atoms with Gasteiger partial charge in [0.2, 0.25) is 5.91 Å². The van der Waals surface area contributed by atoms with E-state index in [4.69, 9.17) is 0 Å². The van der Waals surface area contributed by atoms with Gasteiger partial charge in [-0.2, -0.15) is 0 Å². The van der Waals surface area contributed by atoms with Crippen LogP contribution in [-0.4, -0.2) is 103 Å². The molecule has 1 unspecified atom stereocenters. The zero-order chi connectivity index (χ0) is 21.8. The third kappa shape index (κ3) is 5.69. The third-order valence-corrected chi connectivity index (χ3v) is 8.57. The number of Topliss-reactive ketones (excluding diaryl/α,β-unsaturated/α-hetero) is 1. The molecule has 4 aliphatic rings. The van der Waals surface area contributed by atoms with Crippen molar-refractivity contribution < 1.29 is 9.59 Å². The van der Waals surface area contributed by atoms with Crippen LogP contribution in [0.5, 0.6) is 0 Å². The highest BCUT2D eigenvalue weighted by molar-refractivity contribution is 5.82. The highest BCUT2D eigenvalue weighted by Gasteiger charge is 2.37. The number of piperazine rings is 1. The van der Waals surface area contributed by atoms with Gasteiger partial charge < -0.3 is 9.80 Å². The van der Waals surface area contributed by atoms with Gasteiger partial charge >= 0.3 is 0 Å². The van der Waals surface area contributed by atoms with E-state index in [2.05, 4.69) is 33.6 Å². The Hall–Kier alpha value is -0.980. The lowest BCUT2D eigenvalue weighted by atomic mass is 9.78. The molecule has 1 atom stereocenters. The summed E-state index contributed by atoms with van der Waals surface area (Å²) >= 11 is 0. The molecule has 6 nitrogen and oxygen atoms in total. The summed E-state index contributed by atoms with van der Waals surface area (Å²) in [6.45, 7) is 11.2. The van der Waals surface area contributed by atoms with Gasteiger partial charge in [0, 0.05) is 82.7 Å². The van der Waals surface area contributed by atoms with Crippen LogP contribution in [-0.2, 0) is 9.59 Å². The van der Waals surface area contributed by atoms with Crippen LogP contribution >= 0.6 is 0 Å². The summed E-state index contributed by atoms with van der Waals surface area (Å²) in [5, 5.41) is 0. The number of amides is 1. The monoisotopic (exact) mass is 432 g/mol. The van der Waals surface area contributed by atoms with E-state index in [1.165, 1.54) is 45.7 Å². The Morgan fingerprint density at radius 3 is 1.97 bits per heavy atom. The second-order valence-corrected chi connectivity index (χ2v) is 10.6. The SMILES string of the molecule is CCCC(=O)C1CCC(C(=O)N2CCC(N3CCC(N4CCN(C)CC4)C3)CC2)CC1. The summed E-state index contributed by atoms with van der Waals surface area (Å²) in [5.41, 5.74) is 0. The normalized spacial score (nSPS) is 32.5. The zero-order valence-electron chi connectivity index (χ0n) is 19.9. The second kappa shape index (κ2) is 10.8. The molecule has 0 N–H and O–H groups in total. The van der Waals surface area contributed by atoms with E-state index >= 15 is 0 Å². The van der Waals surface area contributed by atoms with Crippen molar-refractivity contribution in [2.24, 2.45) is 11.8 Å². The molecular weight excluding hydrogens is 388 g/mol. The lowest BCUT2D eigenvalue weighted by Gasteiger charge is -2.40. The summed E-state index contributed by atoms with van der Waals surface area (Å²) in [6, 6.07) is 1.39. The summed E-state index contributed by atoms with van der Waals surface area (Å²) in [5.74, 6) is 1.18. The zero-order valence-corrected chi connectivity index (χ0v) is 19.9. The largest absolute Gasteiger partial charge is 0.342 e. The van der Waals surface area contributed by atoms with E-state index in [0.29, 0.717) is 24.2 Å². The van der Waals surface area contributed by atoms with Crippen LogP contribution in [0.25, 0.3) is 0 Å². The van der Waals surface area contributed by atoms with Crippen molar-refractivity contribution in [3.63, 3.8) is 0 Å². The number of nitrogens with zero attached hydrogens (tertiary/aromatic N) is 4. The first-order valence-corrected chi connectivity index (χ1v) is 13.0. The quantitative estimate of drug-likeness (QED) is 0.645. The fraction of sp³-hybridized carbons (Fsp3) is 0.920. The van der Waals surface area contributed by atoms with Gasteiger partial charge in [0.1, 0.15) is 5.78 Å². The average Bonchev–Trinajstić information content (AvgIpc) is 3.30. The summed E-state index contributed by atoms with van der Waals surface area (Å²) in [7, 11) is 2.23. The van der Waals surface area contributed by atoms with Crippen LogP contribution in [0, 0.1) is 11.8 Å². The number of carbonyl (C=O) groups excluding carboxylic acids is 2. The van der Waals surface area contributed by atoms with Crippen LogP contribution in [0.1, 0.15) is 64.7 Å². The van der Waals surface area contributed by atoms with Crippen molar-refractivity contribution >= 4 is 11.7 Å². The van der Waals surface area contributed by atoms with Crippen LogP contribution < -0.4 is 0 Å². The lowest BCUT2D eigenvalue weighted by Crippen LogP contribution is -2.51. The van der Waals surface area contributed by atoms with Gasteiger partial charge in [-0.05, 0) is 58.4 Å². The summed E-state index contributed by atoms with van der Waals surface area (Å²) < 4.78 is 0. The maximum Gasteiger partial charge on any atom is 0.225 e. The third-order valence-electron chi connectivity index (χ3n) is 8.57. The smallest absolute Gasteiger partial charge is 0.225 e. The lowest BCUT2D eigenvalue weighted by molar-refractivity contribution is -0.139. The van der Waals surface area contributed by atoms with Crippen LogP contribution in [0.4, 0.5) is 0 Å². The van der Waals surface area contributed by atoms with E-state index in [0.717, 1.165) is 64.1 Å². The first kappa shape index (κ1) is 23.2. The molecular formula is C25H44N4O2. The molecule has 0 radical (unpaired) electrons. The minimum Gasteiger partial charge on any atom is -0.342 e. The Labute approximate surface area is 189 Å². The van der Waals surface area contributed by atoms with E-state index in [-0.39, 0.29) is 11.8 Å². The van der Waals surface area contributed by atoms with Gasteiger partial charge in [-0.1, -0.05) is 6.92 Å². The van der Waals surface area contributed by atoms with Gasteiger partial charge in [-0.15, -0.1) is 0 Å². The number of piperidine rings is 1. The van der Waals surface area contributed by atoms with Gasteiger partial charge in [0.15, 0.2) is 0 Å².